The lowest BCUT2D eigenvalue weighted by Gasteiger charge is -2.16. The molecule has 1 fully saturated rings. The van der Waals surface area contributed by atoms with Crippen molar-refractivity contribution in [3.63, 3.8) is 0 Å². The fourth-order valence-corrected chi connectivity index (χ4v) is 2.65. The lowest BCUT2D eigenvalue weighted by Crippen LogP contribution is -2.38. The zero-order valence-corrected chi connectivity index (χ0v) is 12.0. The summed E-state index contributed by atoms with van der Waals surface area (Å²) in [6.07, 6.45) is 2.84. The van der Waals surface area contributed by atoms with Crippen LogP contribution in [0.2, 0.25) is 0 Å². The first kappa shape index (κ1) is 14.7. The summed E-state index contributed by atoms with van der Waals surface area (Å²) in [4.78, 5) is 12.1. The van der Waals surface area contributed by atoms with Crippen LogP contribution in [0.25, 0.3) is 0 Å². The molecule has 1 aliphatic rings. The molecule has 0 bridgehead atoms. The molecule has 2 atom stereocenters. The maximum atomic E-state index is 12.1. The van der Waals surface area contributed by atoms with Gasteiger partial charge in [-0.2, -0.15) is 0 Å². The van der Waals surface area contributed by atoms with Gasteiger partial charge in [0.2, 0.25) is 5.91 Å². The molecule has 1 saturated carbocycles. The maximum absolute atomic E-state index is 12.1. The van der Waals surface area contributed by atoms with Crippen molar-refractivity contribution in [2.45, 2.75) is 31.8 Å². The highest BCUT2D eigenvalue weighted by atomic mass is 16.5. The van der Waals surface area contributed by atoms with E-state index in [4.69, 9.17) is 15.2 Å². The number of nitrogens with one attached hydrogen (secondary N) is 1. The summed E-state index contributed by atoms with van der Waals surface area (Å²) in [6.45, 7) is 0.419. The average molecular weight is 278 g/mol. The van der Waals surface area contributed by atoms with Crippen LogP contribution in [0.5, 0.6) is 11.5 Å². The zero-order chi connectivity index (χ0) is 14.5. The van der Waals surface area contributed by atoms with E-state index in [-0.39, 0.29) is 17.9 Å². The summed E-state index contributed by atoms with van der Waals surface area (Å²) in [5, 5.41) is 2.94. The first-order chi connectivity index (χ1) is 9.65. The molecular weight excluding hydrogens is 256 g/mol. The molecular formula is C15H22N2O3. The quantitative estimate of drug-likeness (QED) is 0.855. The Balaban J connectivity index is 2.00. The van der Waals surface area contributed by atoms with Crippen LogP contribution in [-0.4, -0.2) is 26.2 Å². The first-order valence-electron chi connectivity index (χ1n) is 6.90. The highest BCUT2D eigenvalue weighted by Crippen LogP contribution is 2.26. The van der Waals surface area contributed by atoms with E-state index in [1.807, 2.05) is 18.2 Å². The number of carbonyl (C=O) groups is 1. The molecule has 5 heteroatoms. The molecule has 2 unspecified atom stereocenters. The van der Waals surface area contributed by atoms with Gasteiger partial charge in [0.15, 0.2) is 0 Å². The Kier molecular flexibility index (Phi) is 4.84. The first-order valence-corrected chi connectivity index (χ1v) is 6.90. The Morgan fingerprint density at radius 3 is 2.75 bits per heavy atom. The zero-order valence-electron chi connectivity index (χ0n) is 12.0. The molecule has 20 heavy (non-hydrogen) atoms. The molecule has 1 aromatic rings. The molecule has 110 valence electrons. The summed E-state index contributed by atoms with van der Waals surface area (Å²) in [5.74, 6) is 1.45. The molecule has 0 heterocycles. The number of amides is 1. The molecule has 0 radical (unpaired) electrons. The van der Waals surface area contributed by atoms with E-state index in [1.165, 1.54) is 0 Å². The van der Waals surface area contributed by atoms with Crippen molar-refractivity contribution in [1.29, 1.82) is 0 Å². The summed E-state index contributed by atoms with van der Waals surface area (Å²) in [7, 11) is 3.22. The van der Waals surface area contributed by atoms with E-state index in [0.29, 0.717) is 6.54 Å². The van der Waals surface area contributed by atoms with Gasteiger partial charge in [0.05, 0.1) is 20.1 Å². The largest absolute Gasteiger partial charge is 0.497 e. The van der Waals surface area contributed by atoms with Gasteiger partial charge in [0.25, 0.3) is 0 Å². The van der Waals surface area contributed by atoms with Crippen molar-refractivity contribution in [3.8, 4) is 11.5 Å². The van der Waals surface area contributed by atoms with Gasteiger partial charge < -0.3 is 20.5 Å². The topological polar surface area (TPSA) is 73.6 Å². The molecule has 0 aromatic heterocycles. The third kappa shape index (κ3) is 3.22. The molecule has 2 rings (SSSR count). The molecule has 1 aliphatic carbocycles. The standard InChI is InChI=1S/C15H22N2O3/c1-19-11-6-7-14(20-2)10(8-11)9-17-15(18)12-4-3-5-13(12)16/h6-8,12-13H,3-5,9,16H2,1-2H3,(H,17,18). The number of nitrogens with two attached hydrogens (primary N) is 1. The maximum Gasteiger partial charge on any atom is 0.224 e. The number of ether oxygens (including phenoxy) is 2. The van der Waals surface area contributed by atoms with Crippen LogP contribution in [0, 0.1) is 5.92 Å². The van der Waals surface area contributed by atoms with E-state index in [0.717, 1.165) is 36.3 Å². The molecule has 0 saturated heterocycles. The van der Waals surface area contributed by atoms with Crippen LogP contribution in [0.4, 0.5) is 0 Å². The normalized spacial score (nSPS) is 21.6. The fraction of sp³-hybridized carbons (Fsp3) is 0.533. The van der Waals surface area contributed by atoms with E-state index >= 15 is 0 Å². The monoisotopic (exact) mass is 278 g/mol. The highest BCUT2D eigenvalue weighted by Gasteiger charge is 2.30. The predicted octanol–water partition coefficient (Wildman–Crippen LogP) is 1.45. The molecule has 3 N–H and O–H groups in total. The van der Waals surface area contributed by atoms with Gasteiger partial charge in [-0.25, -0.2) is 0 Å². The Labute approximate surface area is 119 Å². The minimum absolute atomic E-state index is 0.0118. The molecule has 5 nitrogen and oxygen atoms in total. The minimum atomic E-state index is -0.0633. The average Bonchev–Trinajstić information content (AvgIpc) is 2.90. The number of hydrogen-bond donors (Lipinski definition) is 2. The van der Waals surface area contributed by atoms with Crippen LogP contribution in [-0.2, 0) is 11.3 Å². The lowest BCUT2D eigenvalue weighted by molar-refractivity contribution is -0.125. The second kappa shape index (κ2) is 6.61. The predicted molar refractivity (Wildman–Crippen MR) is 76.7 cm³/mol. The summed E-state index contributed by atoms with van der Waals surface area (Å²) < 4.78 is 10.5. The van der Waals surface area contributed by atoms with Gasteiger partial charge in [-0.1, -0.05) is 6.42 Å². The Bertz CT molecular complexity index is 476. The van der Waals surface area contributed by atoms with E-state index in [9.17, 15) is 4.79 Å². The number of rotatable bonds is 5. The van der Waals surface area contributed by atoms with Gasteiger partial charge >= 0.3 is 0 Å². The van der Waals surface area contributed by atoms with Gasteiger partial charge in [-0.3, -0.25) is 4.79 Å². The van der Waals surface area contributed by atoms with Crippen LogP contribution in [0.1, 0.15) is 24.8 Å². The lowest BCUT2D eigenvalue weighted by atomic mass is 10.0. The van der Waals surface area contributed by atoms with Crippen LogP contribution in [0.3, 0.4) is 0 Å². The Morgan fingerprint density at radius 2 is 2.15 bits per heavy atom. The van der Waals surface area contributed by atoms with Gasteiger partial charge in [-0.05, 0) is 31.0 Å². The van der Waals surface area contributed by atoms with Gasteiger partial charge in [0, 0.05) is 18.2 Å². The van der Waals surface area contributed by atoms with Crippen LogP contribution >= 0.6 is 0 Å². The third-order valence-corrected chi connectivity index (χ3v) is 3.85. The van der Waals surface area contributed by atoms with Crippen molar-refractivity contribution < 1.29 is 14.3 Å². The number of benzene rings is 1. The van der Waals surface area contributed by atoms with Crippen molar-refractivity contribution in [2.24, 2.45) is 11.7 Å². The van der Waals surface area contributed by atoms with Crippen molar-refractivity contribution in [2.75, 3.05) is 14.2 Å². The van der Waals surface area contributed by atoms with E-state index < -0.39 is 0 Å². The van der Waals surface area contributed by atoms with Crippen molar-refractivity contribution in [1.82, 2.24) is 5.32 Å². The summed E-state index contributed by atoms with van der Waals surface area (Å²) in [5.41, 5.74) is 6.84. The van der Waals surface area contributed by atoms with E-state index in [1.54, 1.807) is 14.2 Å². The van der Waals surface area contributed by atoms with Crippen LogP contribution in [0.15, 0.2) is 18.2 Å². The Hall–Kier alpha value is -1.75. The fourth-order valence-electron chi connectivity index (χ4n) is 2.65. The van der Waals surface area contributed by atoms with Gasteiger partial charge in [-0.15, -0.1) is 0 Å². The minimum Gasteiger partial charge on any atom is -0.497 e. The summed E-state index contributed by atoms with van der Waals surface area (Å²) >= 11 is 0. The van der Waals surface area contributed by atoms with Crippen molar-refractivity contribution >= 4 is 5.91 Å². The molecule has 0 aliphatic heterocycles. The van der Waals surface area contributed by atoms with Crippen LogP contribution < -0.4 is 20.5 Å². The summed E-state index contributed by atoms with van der Waals surface area (Å²) in [6, 6.07) is 5.52. The number of carbonyl (C=O) groups excluding carboxylic acids is 1. The number of methoxy groups -OCH3 is 2. The second-order valence-electron chi connectivity index (χ2n) is 5.10. The highest BCUT2D eigenvalue weighted by molar-refractivity contribution is 5.79. The van der Waals surface area contributed by atoms with Crippen molar-refractivity contribution in [3.05, 3.63) is 23.8 Å². The molecule has 1 aromatic carbocycles. The van der Waals surface area contributed by atoms with Gasteiger partial charge in [0.1, 0.15) is 11.5 Å². The SMILES string of the molecule is COc1ccc(OC)c(CNC(=O)C2CCCC2N)c1. The molecule has 1 amide bonds. The smallest absolute Gasteiger partial charge is 0.224 e. The third-order valence-electron chi connectivity index (χ3n) is 3.85. The Morgan fingerprint density at radius 1 is 1.35 bits per heavy atom. The van der Waals surface area contributed by atoms with E-state index in [2.05, 4.69) is 5.32 Å². The molecule has 0 spiro atoms. The second-order valence-corrected chi connectivity index (χ2v) is 5.10. The number of hydrogen-bond acceptors (Lipinski definition) is 4.